The molecule has 96 valence electrons. The van der Waals surface area contributed by atoms with Crippen molar-refractivity contribution in [1.29, 1.82) is 0 Å². The Labute approximate surface area is 108 Å². The number of fused-ring (bicyclic) bond motifs is 1. The maximum Gasteiger partial charge on any atom is 0.356 e. The van der Waals surface area contributed by atoms with Crippen LogP contribution in [-0.2, 0) is 14.1 Å². The number of rotatable bonds is 2. The largest absolute Gasteiger partial charge is 0.476 e. The molecule has 6 heteroatoms. The summed E-state index contributed by atoms with van der Waals surface area (Å²) in [5.41, 5.74) is 3.55. The summed E-state index contributed by atoms with van der Waals surface area (Å²) in [5.74, 6) is -1.03. The molecule has 0 saturated heterocycles. The van der Waals surface area contributed by atoms with Crippen molar-refractivity contribution in [2.45, 2.75) is 0 Å². The van der Waals surface area contributed by atoms with Crippen LogP contribution in [0.5, 0.6) is 0 Å². The highest BCUT2D eigenvalue weighted by atomic mass is 16.4. The van der Waals surface area contributed by atoms with Crippen LogP contribution in [0.1, 0.15) is 10.5 Å². The van der Waals surface area contributed by atoms with Crippen LogP contribution in [0.3, 0.4) is 0 Å². The lowest BCUT2D eigenvalue weighted by atomic mass is 10.1. The van der Waals surface area contributed by atoms with Crippen molar-refractivity contribution >= 4 is 17.0 Å². The zero-order valence-electron chi connectivity index (χ0n) is 10.5. The third-order valence-electron chi connectivity index (χ3n) is 3.11. The number of carboxylic acid groups (broad SMARTS) is 1. The van der Waals surface area contributed by atoms with Crippen molar-refractivity contribution in [1.82, 2.24) is 19.3 Å². The van der Waals surface area contributed by atoms with Gasteiger partial charge in [-0.3, -0.25) is 4.68 Å². The van der Waals surface area contributed by atoms with Gasteiger partial charge >= 0.3 is 5.97 Å². The Hall–Kier alpha value is -2.63. The van der Waals surface area contributed by atoms with Crippen molar-refractivity contribution in [3.63, 3.8) is 0 Å². The zero-order valence-corrected chi connectivity index (χ0v) is 10.5. The number of benzene rings is 1. The molecular formula is C13H12N4O2. The lowest BCUT2D eigenvalue weighted by molar-refractivity contribution is 0.0689. The molecule has 0 bridgehead atoms. The molecule has 0 aliphatic heterocycles. The first-order valence-corrected chi connectivity index (χ1v) is 5.75. The molecule has 6 nitrogen and oxygen atoms in total. The molecule has 0 amide bonds. The molecule has 2 aromatic heterocycles. The van der Waals surface area contributed by atoms with Gasteiger partial charge in [-0.1, -0.05) is 12.1 Å². The Morgan fingerprint density at radius 3 is 2.79 bits per heavy atom. The number of aromatic carboxylic acids is 1. The first-order valence-electron chi connectivity index (χ1n) is 5.75. The SMILES string of the molecule is Cn1nc(C(=O)O)cc1-c1cccc2ncn(C)c12. The van der Waals surface area contributed by atoms with Gasteiger partial charge < -0.3 is 9.67 Å². The van der Waals surface area contributed by atoms with Crippen molar-refractivity contribution < 1.29 is 9.90 Å². The first kappa shape index (κ1) is 11.5. The highest BCUT2D eigenvalue weighted by Gasteiger charge is 2.15. The van der Waals surface area contributed by atoms with E-state index in [1.54, 1.807) is 24.1 Å². The smallest absolute Gasteiger partial charge is 0.356 e. The van der Waals surface area contributed by atoms with E-state index in [1.807, 2.05) is 29.8 Å². The lowest BCUT2D eigenvalue weighted by Gasteiger charge is -2.05. The third-order valence-corrected chi connectivity index (χ3v) is 3.11. The average Bonchev–Trinajstić information content (AvgIpc) is 2.94. The molecule has 0 aliphatic rings. The number of imidazole rings is 1. The van der Waals surface area contributed by atoms with E-state index in [0.29, 0.717) is 0 Å². The number of carbonyl (C=O) groups is 1. The third kappa shape index (κ3) is 1.69. The Morgan fingerprint density at radius 2 is 2.11 bits per heavy atom. The summed E-state index contributed by atoms with van der Waals surface area (Å²) in [5, 5.41) is 13.0. The summed E-state index contributed by atoms with van der Waals surface area (Å²) in [6, 6.07) is 7.34. The van der Waals surface area contributed by atoms with Gasteiger partial charge in [-0.15, -0.1) is 0 Å². The van der Waals surface area contributed by atoms with Crippen LogP contribution in [-0.4, -0.2) is 30.4 Å². The van der Waals surface area contributed by atoms with Gasteiger partial charge in [0, 0.05) is 19.7 Å². The van der Waals surface area contributed by atoms with Crippen LogP contribution in [0.15, 0.2) is 30.6 Å². The van der Waals surface area contributed by atoms with Crippen molar-refractivity contribution in [2.75, 3.05) is 0 Å². The lowest BCUT2D eigenvalue weighted by Crippen LogP contribution is -1.99. The fourth-order valence-electron chi connectivity index (χ4n) is 2.24. The number of aryl methyl sites for hydroxylation is 2. The summed E-state index contributed by atoms with van der Waals surface area (Å²) in [6.45, 7) is 0. The second kappa shape index (κ2) is 3.94. The summed E-state index contributed by atoms with van der Waals surface area (Å²) in [6.07, 6.45) is 1.74. The van der Waals surface area contributed by atoms with Gasteiger partial charge in [-0.05, 0) is 12.1 Å². The topological polar surface area (TPSA) is 72.9 Å². The molecule has 0 atom stereocenters. The van der Waals surface area contributed by atoms with E-state index in [0.717, 1.165) is 22.3 Å². The molecule has 0 unspecified atom stereocenters. The van der Waals surface area contributed by atoms with E-state index in [9.17, 15) is 4.79 Å². The second-order valence-corrected chi connectivity index (χ2v) is 4.37. The van der Waals surface area contributed by atoms with Crippen LogP contribution >= 0.6 is 0 Å². The maximum atomic E-state index is 11.0. The van der Waals surface area contributed by atoms with E-state index in [-0.39, 0.29) is 5.69 Å². The molecule has 0 spiro atoms. The number of hydrogen-bond donors (Lipinski definition) is 1. The second-order valence-electron chi connectivity index (χ2n) is 4.37. The van der Waals surface area contributed by atoms with Crippen LogP contribution in [0.4, 0.5) is 0 Å². The van der Waals surface area contributed by atoms with Crippen LogP contribution < -0.4 is 0 Å². The minimum absolute atomic E-state index is 0.0386. The predicted molar refractivity (Wildman–Crippen MR) is 69.9 cm³/mol. The monoisotopic (exact) mass is 256 g/mol. The van der Waals surface area contributed by atoms with Crippen LogP contribution in [0.2, 0.25) is 0 Å². The van der Waals surface area contributed by atoms with E-state index < -0.39 is 5.97 Å². The Bertz CT molecular complexity index is 785. The van der Waals surface area contributed by atoms with Gasteiger partial charge in [-0.25, -0.2) is 9.78 Å². The number of para-hydroxylation sites is 1. The number of carboxylic acids is 1. The highest BCUT2D eigenvalue weighted by molar-refractivity contribution is 5.93. The quantitative estimate of drug-likeness (QED) is 0.757. The highest BCUT2D eigenvalue weighted by Crippen LogP contribution is 2.27. The Balaban J connectivity index is 2.30. The van der Waals surface area contributed by atoms with Gasteiger partial charge in [0.25, 0.3) is 0 Å². The Kier molecular flexibility index (Phi) is 2.38. The minimum atomic E-state index is -1.03. The molecule has 0 fully saturated rings. The van der Waals surface area contributed by atoms with Gasteiger partial charge in [0.05, 0.1) is 23.1 Å². The van der Waals surface area contributed by atoms with E-state index in [1.165, 1.54) is 0 Å². The minimum Gasteiger partial charge on any atom is -0.476 e. The average molecular weight is 256 g/mol. The number of hydrogen-bond acceptors (Lipinski definition) is 3. The number of aromatic nitrogens is 4. The summed E-state index contributed by atoms with van der Waals surface area (Å²) < 4.78 is 3.49. The fraction of sp³-hybridized carbons (Fsp3) is 0.154. The van der Waals surface area contributed by atoms with E-state index >= 15 is 0 Å². The molecule has 19 heavy (non-hydrogen) atoms. The van der Waals surface area contributed by atoms with Crippen molar-refractivity contribution in [3.8, 4) is 11.3 Å². The van der Waals surface area contributed by atoms with E-state index in [2.05, 4.69) is 10.1 Å². The molecular weight excluding hydrogens is 244 g/mol. The van der Waals surface area contributed by atoms with Crippen molar-refractivity contribution in [2.24, 2.45) is 14.1 Å². The standard InChI is InChI=1S/C13H12N4O2/c1-16-7-14-9-5-3-4-8(12(9)16)11-6-10(13(18)19)15-17(11)2/h3-7H,1-2H3,(H,18,19). The molecule has 1 aromatic carbocycles. The van der Waals surface area contributed by atoms with E-state index in [4.69, 9.17) is 5.11 Å². The number of nitrogens with zero attached hydrogens (tertiary/aromatic N) is 4. The Morgan fingerprint density at radius 1 is 1.32 bits per heavy atom. The van der Waals surface area contributed by atoms with Gasteiger partial charge in [0.15, 0.2) is 5.69 Å². The molecule has 2 heterocycles. The molecule has 0 aliphatic carbocycles. The summed E-state index contributed by atoms with van der Waals surface area (Å²) in [4.78, 5) is 15.3. The van der Waals surface area contributed by atoms with Crippen LogP contribution in [0.25, 0.3) is 22.3 Å². The maximum absolute atomic E-state index is 11.0. The van der Waals surface area contributed by atoms with Crippen molar-refractivity contribution in [3.05, 3.63) is 36.3 Å². The van der Waals surface area contributed by atoms with Gasteiger partial charge in [-0.2, -0.15) is 5.10 Å². The van der Waals surface area contributed by atoms with Crippen LogP contribution in [0, 0.1) is 0 Å². The molecule has 3 rings (SSSR count). The summed E-state index contributed by atoms with van der Waals surface area (Å²) >= 11 is 0. The first-order chi connectivity index (χ1) is 9.08. The normalized spacial score (nSPS) is 11.1. The predicted octanol–water partition coefficient (Wildman–Crippen LogP) is 1.67. The van der Waals surface area contributed by atoms with Gasteiger partial charge in [0.2, 0.25) is 0 Å². The molecule has 0 saturated carbocycles. The van der Waals surface area contributed by atoms with Gasteiger partial charge in [0.1, 0.15) is 0 Å². The zero-order chi connectivity index (χ0) is 13.6. The fourth-order valence-corrected chi connectivity index (χ4v) is 2.24. The molecule has 3 aromatic rings. The molecule has 1 N–H and O–H groups in total. The molecule has 0 radical (unpaired) electrons. The summed E-state index contributed by atoms with van der Waals surface area (Å²) in [7, 11) is 3.64.